The lowest BCUT2D eigenvalue weighted by Gasteiger charge is -2.14. The molecule has 0 radical (unpaired) electrons. The maximum atomic E-state index is 12.3. The summed E-state index contributed by atoms with van der Waals surface area (Å²) in [7, 11) is 1.57. The Kier molecular flexibility index (Phi) is 5.25. The number of rotatable bonds is 5. The molecular weight excluding hydrogens is 408 g/mol. The fraction of sp³-hybridized carbons (Fsp3) is 0.190. The molecule has 6 nitrogen and oxygen atoms in total. The van der Waals surface area contributed by atoms with E-state index in [-0.39, 0.29) is 5.69 Å². The summed E-state index contributed by atoms with van der Waals surface area (Å²) in [6, 6.07) is 15.7. The third-order valence-electron chi connectivity index (χ3n) is 4.74. The van der Waals surface area contributed by atoms with Gasteiger partial charge in [0.15, 0.2) is 0 Å². The third-order valence-corrected chi connectivity index (χ3v) is 6.02. The van der Waals surface area contributed by atoms with Crippen LogP contribution < -0.4 is 10.4 Å². The van der Waals surface area contributed by atoms with E-state index < -0.39 is 0 Å². The zero-order chi connectivity index (χ0) is 20.5. The highest BCUT2D eigenvalue weighted by Crippen LogP contribution is 2.33. The van der Waals surface area contributed by atoms with Gasteiger partial charge in [0.25, 0.3) is 0 Å². The number of tetrazole rings is 1. The summed E-state index contributed by atoms with van der Waals surface area (Å²) < 4.78 is 9.38. The van der Waals surface area contributed by atoms with Crippen molar-refractivity contribution >= 4 is 22.9 Å². The van der Waals surface area contributed by atoms with Crippen molar-refractivity contribution < 1.29 is 4.74 Å². The highest BCUT2D eigenvalue weighted by molar-refractivity contribution is 7.19. The Morgan fingerprint density at radius 3 is 2.55 bits per heavy atom. The van der Waals surface area contributed by atoms with Crippen LogP contribution >= 0.6 is 22.9 Å². The summed E-state index contributed by atoms with van der Waals surface area (Å²) in [5, 5.41) is 7.76. The van der Waals surface area contributed by atoms with Crippen LogP contribution in [-0.4, -0.2) is 19.8 Å². The van der Waals surface area contributed by atoms with Gasteiger partial charge >= 0.3 is 5.69 Å². The lowest BCUT2D eigenvalue weighted by molar-refractivity contribution is 0.302. The molecule has 0 spiro atoms. The number of halogens is 1. The Labute approximate surface area is 176 Å². The van der Waals surface area contributed by atoms with E-state index in [1.165, 1.54) is 9.36 Å². The van der Waals surface area contributed by atoms with Gasteiger partial charge in [-0.05, 0) is 77.4 Å². The average molecular weight is 427 g/mol. The number of benzene rings is 2. The molecule has 29 heavy (non-hydrogen) atoms. The van der Waals surface area contributed by atoms with Crippen molar-refractivity contribution in [2.45, 2.75) is 20.5 Å². The quantitative estimate of drug-likeness (QED) is 0.470. The molecule has 0 unspecified atom stereocenters. The number of hydrogen-bond donors (Lipinski definition) is 0. The van der Waals surface area contributed by atoms with Gasteiger partial charge in [-0.15, -0.1) is 11.3 Å². The van der Waals surface area contributed by atoms with Crippen LogP contribution in [0.3, 0.4) is 0 Å². The van der Waals surface area contributed by atoms with Gasteiger partial charge in [-0.1, -0.05) is 23.7 Å². The van der Waals surface area contributed by atoms with Gasteiger partial charge < -0.3 is 4.74 Å². The first-order valence-corrected chi connectivity index (χ1v) is 10.2. The zero-order valence-electron chi connectivity index (χ0n) is 16.2. The topological polar surface area (TPSA) is 61.9 Å². The van der Waals surface area contributed by atoms with Crippen LogP contribution in [0.2, 0.25) is 4.34 Å². The molecule has 148 valence electrons. The molecule has 0 atom stereocenters. The highest BCUT2D eigenvalue weighted by atomic mass is 35.5. The van der Waals surface area contributed by atoms with Gasteiger partial charge in [0.1, 0.15) is 12.4 Å². The molecular formula is C21H19ClN4O2S. The van der Waals surface area contributed by atoms with E-state index in [0.29, 0.717) is 12.3 Å². The first-order valence-electron chi connectivity index (χ1n) is 9.01. The van der Waals surface area contributed by atoms with E-state index in [2.05, 4.69) is 16.5 Å². The van der Waals surface area contributed by atoms with Crippen LogP contribution in [0, 0.1) is 13.8 Å². The second-order valence-electron chi connectivity index (χ2n) is 6.74. The van der Waals surface area contributed by atoms with Crippen molar-refractivity contribution in [1.29, 1.82) is 0 Å². The summed E-state index contributed by atoms with van der Waals surface area (Å²) in [4.78, 5) is 13.4. The predicted octanol–water partition coefficient (Wildman–Crippen LogP) is 4.54. The number of aryl methyl sites for hydroxylation is 3. The predicted molar refractivity (Wildman–Crippen MR) is 115 cm³/mol. The highest BCUT2D eigenvalue weighted by Gasteiger charge is 2.14. The van der Waals surface area contributed by atoms with Crippen LogP contribution in [0.4, 0.5) is 0 Å². The Bertz CT molecular complexity index is 1240. The second-order valence-corrected chi connectivity index (χ2v) is 8.46. The first kappa shape index (κ1) is 19.4. The summed E-state index contributed by atoms with van der Waals surface area (Å²) >= 11 is 7.60. The number of nitrogens with zero attached hydrogens (tertiary/aromatic N) is 4. The SMILES string of the molecule is Cc1cc(-c2ccc(Cl)s2)ccc1OCc1c(C)cccc1-n1nnn(C)c1=O. The summed E-state index contributed by atoms with van der Waals surface area (Å²) in [6.07, 6.45) is 0. The molecule has 0 aliphatic rings. The Hall–Kier alpha value is -2.90. The van der Waals surface area contributed by atoms with Gasteiger partial charge in [0.2, 0.25) is 0 Å². The lowest BCUT2D eigenvalue weighted by atomic mass is 10.1. The largest absolute Gasteiger partial charge is 0.489 e. The van der Waals surface area contributed by atoms with E-state index in [1.54, 1.807) is 18.4 Å². The minimum atomic E-state index is -0.299. The molecule has 8 heteroatoms. The maximum Gasteiger partial charge on any atom is 0.368 e. The molecule has 4 rings (SSSR count). The van der Waals surface area contributed by atoms with Crippen LogP contribution in [0.5, 0.6) is 5.75 Å². The Morgan fingerprint density at radius 2 is 1.90 bits per heavy atom. The van der Waals surface area contributed by atoms with Crippen molar-refractivity contribution in [2.75, 3.05) is 0 Å². The molecule has 0 N–H and O–H groups in total. The van der Waals surface area contributed by atoms with Crippen molar-refractivity contribution in [3.8, 4) is 21.9 Å². The monoisotopic (exact) mass is 426 g/mol. The Balaban J connectivity index is 1.61. The van der Waals surface area contributed by atoms with E-state index >= 15 is 0 Å². The fourth-order valence-corrected chi connectivity index (χ4v) is 4.16. The smallest absolute Gasteiger partial charge is 0.368 e. The van der Waals surface area contributed by atoms with Crippen LogP contribution in [-0.2, 0) is 13.7 Å². The van der Waals surface area contributed by atoms with Crippen LogP contribution in [0.15, 0.2) is 53.3 Å². The van der Waals surface area contributed by atoms with E-state index in [0.717, 1.165) is 37.2 Å². The second kappa shape index (κ2) is 7.85. The number of ether oxygens (including phenoxy) is 1. The zero-order valence-corrected chi connectivity index (χ0v) is 17.8. The van der Waals surface area contributed by atoms with Crippen molar-refractivity contribution in [3.05, 3.63) is 80.0 Å². The minimum Gasteiger partial charge on any atom is -0.489 e. The number of thiophene rings is 1. The Morgan fingerprint density at radius 1 is 1.07 bits per heavy atom. The summed E-state index contributed by atoms with van der Waals surface area (Å²) in [5.41, 5.74) is 4.41. The van der Waals surface area contributed by atoms with Gasteiger partial charge in [-0.25, -0.2) is 4.79 Å². The normalized spacial score (nSPS) is 11.0. The van der Waals surface area contributed by atoms with Crippen LogP contribution in [0.1, 0.15) is 16.7 Å². The molecule has 0 aliphatic carbocycles. The van der Waals surface area contributed by atoms with Gasteiger partial charge in [-0.3, -0.25) is 0 Å². The number of aromatic nitrogens is 4. The number of hydrogen-bond acceptors (Lipinski definition) is 5. The molecule has 0 aliphatic heterocycles. The summed E-state index contributed by atoms with van der Waals surface area (Å²) in [6.45, 7) is 4.32. The van der Waals surface area contributed by atoms with Gasteiger partial charge in [-0.2, -0.15) is 9.36 Å². The van der Waals surface area contributed by atoms with Crippen molar-refractivity contribution in [2.24, 2.45) is 7.05 Å². The molecule has 0 saturated carbocycles. The molecule has 0 bridgehead atoms. The van der Waals surface area contributed by atoms with Crippen LogP contribution in [0.25, 0.3) is 16.1 Å². The van der Waals surface area contributed by atoms with E-state index in [9.17, 15) is 4.79 Å². The van der Waals surface area contributed by atoms with Crippen molar-refractivity contribution in [1.82, 2.24) is 19.8 Å². The third kappa shape index (κ3) is 3.83. The summed E-state index contributed by atoms with van der Waals surface area (Å²) in [5.74, 6) is 0.789. The van der Waals surface area contributed by atoms with E-state index in [4.69, 9.17) is 16.3 Å². The molecule has 0 fully saturated rings. The average Bonchev–Trinajstić information content (AvgIpc) is 3.27. The lowest BCUT2D eigenvalue weighted by Crippen LogP contribution is -2.23. The molecule has 2 heterocycles. The molecule has 2 aromatic carbocycles. The molecule has 0 amide bonds. The standard InChI is InChI=1S/C21H19ClN4O2S/c1-13-5-4-6-17(26-21(27)25(3)23-24-26)16(13)12-28-18-8-7-15(11-14(18)2)19-9-10-20(22)29-19/h4-11H,12H2,1-3H3. The van der Waals surface area contributed by atoms with Gasteiger partial charge in [0, 0.05) is 17.5 Å². The molecule has 4 aromatic rings. The molecule has 0 saturated heterocycles. The fourth-order valence-electron chi connectivity index (χ4n) is 3.12. The maximum absolute atomic E-state index is 12.3. The minimum absolute atomic E-state index is 0.299. The van der Waals surface area contributed by atoms with E-state index in [1.807, 2.05) is 56.3 Å². The van der Waals surface area contributed by atoms with Crippen molar-refractivity contribution in [3.63, 3.8) is 0 Å². The molecule has 2 aromatic heterocycles. The van der Waals surface area contributed by atoms with Gasteiger partial charge in [0.05, 0.1) is 10.0 Å². The first-order chi connectivity index (χ1) is 13.9.